The van der Waals surface area contributed by atoms with Crippen LogP contribution in [0.25, 0.3) is 0 Å². The monoisotopic (exact) mass is 373 g/mol. The third-order valence-electron chi connectivity index (χ3n) is 5.28. The number of benzene rings is 1. The minimum atomic E-state index is -0.538. The molecule has 2 heterocycles. The molecule has 2 N–H and O–H groups in total. The van der Waals surface area contributed by atoms with Gasteiger partial charge in [-0.25, -0.2) is 0 Å². The van der Waals surface area contributed by atoms with E-state index in [0.717, 1.165) is 38.8 Å². The first-order chi connectivity index (χ1) is 13.0. The Morgan fingerprint density at radius 2 is 1.78 bits per heavy atom. The number of primary amides is 1. The molecular formula is C20H27N3O4. The molecule has 146 valence electrons. The molecular weight excluding hydrogens is 346 g/mol. The first kappa shape index (κ1) is 19.2. The normalized spacial score (nSPS) is 18.4. The average molecular weight is 373 g/mol. The summed E-state index contributed by atoms with van der Waals surface area (Å²) in [6.07, 6.45) is 4.64. The molecule has 7 heteroatoms. The molecule has 0 bridgehead atoms. The molecule has 1 aromatic rings. The summed E-state index contributed by atoms with van der Waals surface area (Å²) in [6, 6.07) is 6.75. The van der Waals surface area contributed by atoms with Gasteiger partial charge in [-0.05, 0) is 55.9 Å². The maximum Gasteiger partial charge on any atom is 0.255 e. The number of ether oxygens (including phenoxy) is 1. The Bertz CT molecular complexity index is 681. The van der Waals surface area contributed by atoms with Crippen LogP contribution in [0.4, 0.5) is 0 Å². The van der Waals surface area contributed by atoms with E-state index in [-0.39, 0.29) is 18.4 Å². The van der Waals surface area contributed by atoms with Crippen LogP contribution in [0.3, 0.4) is 0 Å². The molecule has 2 saturated heterocycles. The Morgan fingerprint density at radius 1 is 1.07 bits per heavy atom. The van der Waals surface area contributed by atoms with Crippen molar-refractivity contribution in [3.05, 3.63) is 29.8 Å². The summed E-state index contributed by atoms with van der Waals surface area (Å²) < 4.78 is 5.21. The molecule has 0 atom stereocenters. The molecule has 2 fully saturated rings. The number of nitrogens with two attached hydrogens (primary N) is 1. The lowest BCUT2D eigenvalue weighted by atomic mass is 9.94. The molecule has 2 aliphatic rings. The number of carbonyl (C=O) groups excluding carboxylic acids is 3. The lowest BCUT2D eigenvalue weighted by Crippen LogP contribution is -2.44. The van der Waals surface area contributed by atoms with E-state index in [1.807, 2.05) is 9.80 Å². The predicted molar refractivity (Wildman–Crippen MR) is 100 cm³/mol. The summed E-state index contributed by atoms with van der Waals surface area (Å²) in [7, 11) is 0. The summed E-state index contributed by atoms with van der Waals surface area (Å²) >= 11 is 0. The van der Waals surface area contributed by atoms with Crippen molar-refractivity contribution in [2.24, 2.45) is 11.7 Å². The lowest BCUT2D eigenvalue weighted by Gasteiger charge is -2.36. The third-order valence-corrected chi connectivity index (χ3v) is 5.28. The van der Waals surface area contributed by atoms with Crippen LogP contribution in [-0.2, 0) is 9.59 Å². The van der Waals surface area contributed by atoms with Crippen molar-refractivity contribution in [2.75, 3.05) is 32.8 Å². The maximum absolute atomic E-state index is 12.7. The molecule has 1 aromatic carbocycles. The number of piperidine rings is 2. The summed E-state index contributed by atoms with van der Waals surface area (Å²) in [5.41, 5.74) is 5.65. The van der Waals surface area contributed by atoms with Gasteiger partial charge in [0.15, 0.2) is 6.61 Å². The van der Waals surface area contributed by atoms with Crippen LogP contribution in [0.5, 0.6) is 5.75 Å². The summed E-state index contributed by atoms with van der Waals surface area (Å²) in [4.78, 5) is 39.2. The SMILES string of the molecule is NC(=O)COc1ccc(C(=O)N2CCC(CN3CCCCC3=O)CC2)cc1. The second kappa shape index (κ2) is 8.88. The van der Waals surface area contributed by atoms with Crippen LogP contribution in [0.2, 0.25) is 0 Å². The average Bonchev–Trinajstić information content (AvgIpc) is 2.68. The highest BCUT2D eigenvalue weighted by Gasteiger charge is 2.27. The van der Waals surface area contributed by atoms with Crippen molar-refractivity contribution in [1.29, 1.82) is 0 Å². The van der Waals surface area contributed by atoms with Gasteiger partial charge in [-0.15, -0.1) is 0 Å². The molecule has 0 aliphatic carbocycles. The van der Waals surface area contributed by atoms with Crippen molar-refractivity contribution in [3.8, 4) is 5.75 Å². The van der Waals surface area contributed by atoms with E-state index in [1.54, 1.807) is 24.3 Å². The fourth-order valence-corrected chi connectivity index (χ4v) is 3.72. The second-order valence-corrected chi connectivity index (χ2v) is 7.31. The largest absolute Gasteiger partial charge is 0.484 e. The van der Waals surface area contributed by atoms with E-state index < -0.39 is 5.91 Å². The van der Waals surface area contributed by atoms with Crippen LogP contribution in [0, 0.1) is 5.92 Å². The topological polar surface area (TPSA) is 92.9 Å². The third kappa shape index (κ3) is 5.21. The highest BCUT2D eigenvalue weighted by molar-refractivity contribution is 5.94. The molecule has 2 aliphatic heterocycles. The van der Waals surface area contributed by atoms with Gasteiger partial charge in [-0.1, -0.05) is 0 Å². The van der Waals surface area contributed by atoms with Crippen LogP contribution >= 0.6 is 0 Å². The zero-order valence-electron chi connectivity index (χ0n) is 15.6. The van der Waals surface area contributed by atoms with Gasteiger partial charge in [0.1, 0.15) is 5.75 Å². The Kier molecular flexibility index (Phi) is 6.32. The van der Waals surface area contributed by atoms with Crippen LogP contribution in [0.1, 0.15) is 42.5 Å². The number of likely N-dealkylation sites (tertiary alicyclic amines) is 2. The van der Waals surface area contributed by atoms with Gasteiger partial charge in [0.25, 0.3) is 11.8 Å². The number of rotatable bonds is 6. The van der Waals surface area contributed by atoms with Gasteiger partial charge in [0, 0.05) is 38.2 Å². The van der Waals surface area contributed by atoms with Crippen LogP contribution in [0.15, 0.2) is 24.3 Å². The minimum Gasteiger partial charge on any atom is -0.484 e. The molecule has 0 radical (unpaired) electrons. The predicted octanol–water partition coefficient (Wildman–Crippen LogP) is 1.42. The van der Waals surface area contributed by atoms with Crippen molar-refractivity contribution in [1.82, 2.24) is 9.80 Å². The van der Waals surface area contributed by atoms with E-state index in [1.165, 1.54) is 0 Å². The highest BCUT2D eigenvalue weighted by atomic mass is 16.5. The molecule has 0 aromatic heterocycles. The van der Waals surface area contributed by atoms with Crippen molar-refractivity contribution < 1.29 is 19.1 Å². The number of hydrogen-bond acceptors (Lipinski definition) is 4. The summed E-state index contributed by atoms with van der Waals surface area (Å²) in [5, 5.41) is 0. The van der Waals surface area contributed by atoms with Gasteiger partial charge >= 0.3 is 0 Å². The first-order valence-electron chi connectivity index (χ1n) is 9.61. The van der Waals surface area contributed by atoms with Crippen molar-refractivity contribution in [3.63, 3.8) is 0 Å². The standard InChI is InChI=1S/C20H27N3O4/c21-18(24)14-27-17-6-4-16(5-7-17)20(26)22-11-8-15(9-12-22)13-23-10-2-1-3-19(23)25/h4-7,15H,1-3,8-14H2,(H2,21,24). The molecule has 3 amide bonds. The van der Waals surface area contributed by atoms with E-state index in [0.29, 0.717) is 36.7 Å². The zero-order valence-corrected chi connectivity index (χ0v) is 15.6. The van der Waals surface area contributed by atoms with Crippen LogP contribution in [-0.4, -0.2) is 60.3 Å². The quantitative estimate of drug-likeness (QED) is 0.816. The number of amides is 3. The molecule has 7 nitrogen and oxygen atoms in total. The van der Waals surface area contributed by atoms with Gasteiger partial charge in [0.05, 0.1) is 0 Å². The number of carbonyl (C=O) groups is 3. The Morgan fingerprint density at radius 3 is 2.41 bits per heavy atom. The van der Waals surface area contributed by atoms with E-state index in [2.05, 4.69) is 0 Å². The Hall–Kier alpha value is -2.57. The number of hydrogen-bond donors (Lipinski definition) is 1. The van der Waals surface area contributed by atoms with E-state index in [4.69, 9.17) is 10.5 Å². The van der Waals surface area contributed by atoms with Gasteiger partial charge < -0.3 is 20.3 Å². The summed E-state index contributed by atoms with van der Waals surface area (Å²) in [5.74, 6) is 0.725. The lowest BCUT2D eigenvalue weighted by molar-refractivity contribution is -0.134. The maximum atomic E-state index is 12.7. The zero-order chi connectivity index (χ0) is 19.2. The first-order valence-corrected chi connectivity index (χ1v) is 9.61. The molecule has 0 unspecified atom stereocenters. The van der Waals surface area contributed by atoms with Crippen molar-refractivity contribution in [2.45, 2.75) is 32.1 Å². The summed E-state index contributed by atoms with van der Waals surface area (Å²) in [6.45, 7) is 2.95. The van der Waals surface area contributed by atoms with Crippen LogP contribution < -0.4 is 10.5 Å². The fourth-order valence-electron chi connectivity index (χ4n) is 3.72. The second-order valence-electron chi connectivity index (χ2n) is 7.31. The highest BCUT2D eigenvalue weighted by Crippen LogP contribution is 2.23. The van der Waals surface area contributed by atoms with Gasteiger partial charge in [-0.2, -0.15) is 0 Å². The smallest absolute Gasteiger partial charge is 0.255 e. The van der Waals surface area contributed by atoms with E-state index in [9.17, 15) is 14.4 Å². The number of nitrogens with zero attached hydrogens (tertiary/aromatic N) is 2. The fraction of sp³-hybridized carbons (Fsp3) is 0.550. The Labute approximate surface area is 159 Å². The molecule has 27 heavy (non-hydrogen) atoms. The molecule has 0 saturated carbocycles. The van der Waals surface area contributed by atoms with Gasteiger partial charge in [0.2, 0.25) is 5.91 Å². The van der Waals surface area contributed by atoms with Crippen molar-refractivity contribution >= 4 is 17.7 Å². The molecule has 0 spiro atoms. The van der Waals surface area contributed by atoms with E-state index >= 15 is 0 Å². The Balaban J connectivity index is 1.48. The molecule has 3 rings (SSSR count). The van der Waals surface area contributed by atoms with Gasteiger partial charge in [-0.3, -0.25) is 14.4 Å². The minimum absolute atomic E-state index is 0.00366.